The van der Waals surface area contributed by atoms with E-state index in [1.54, 1.807) is 6.20 Å². The molecule has 1 N–H and O–H groups in total. The van der Waals surface area contributed by atoms with Crippen LogP contribution < -0.4 is 15.0 Å². The summed E-state index contributed by atoms with van der Waals surface area (Å²) in [6, 6.07) is 9.19. The molecule has 1 amide bonds. The van der Waals surface area contributed by atoms with Gasteiger partial charge in [0.15, 0.2) is 0 Å². The lowest BCUT2D eigenvalue weighted by Crippen LogP contribution is -2.47. The molecule has 1 aliphatic heterocycles. The Labute approximate surface area is 175 Å². The Hall–Kier alpha value is -2.70. The molecule has 1 atom stereocenters. The Morgan fingerprint density at radius 2 is 1.83 bits per heavy atom. The van der Waals surface area contributed by atoms with Crippen molar-refractivity contribution in [3.05, 3.63) is 54.2 Å². The third-order valence-corrected chi connectivity index (χ3v) is 5.92. The highest BCUT2D eigenvalue weighted by Gasteiger charge is 2.30. The first-order valence-corrected chi connectivity index (χ1v) is 10.7. The number of rotatable bonds is 5. The van der Waals surface area contributed by atoms with Gasteiger partial charge in [-0.3, -0.25) is 4.79 Å². The molecule has 160 valence electrons. The molecule has 7 heteroatoms. The van der Waals surface area contributed by atoms with E-state index in [1.165, 1.54) is 12.1 Å². The van der Waals surface area contributed by atoms with E-state index in [4.69, 9.17) is 4.74 Å². The maximum absolute atomic E-state index is 13.3. The highest BCUT2D eigenvalue weighted by Crippen LogP contribution is 2.26. The molecule has 1 aliphatic carbocycles. The molecule has 2 aliphatic rings. The Morgan fingerprint density at radius 3 is 2.53 bits per heavy atom. The molecule has 0 bridgehead atoms. The fourth-order valence-corrected chi connectivity index (χ4v) is 4.37. The number of hydrogen-bond donors (Lipinski definition) is 1. The number of piperidine rings is 1. The molecule has 1 unspecified atom stereocenters. The largest absolute Gasteiger partial charge is 0.490 e. The van der Waals surface area contributed by atoms with Gasteiger partial charge in [-0.25, -0.2) is 13.8 Å². The number of ether oxygens (including phenoxy) is 1. The minimum Gasteiger partial charge on any atom is -0.490 e. The van der Waals surface area contributed by atoms with Crippen LogP contribution in [-0.4, -0.2) is 36.1 Å². The second-order valence-corrected chi connectivity index (χ2v) is 8.18. The van der Waals surface area contributed by atoms with Crippen molar-refractivity contribution in [2.75, 3.05) is 18.0 Å². The van der Waals surface area contributed by atoms with Crippen LogP contribution in [0.15, 0.2) is 42.6 Å². The van der Waals surface area contributed by atoms with Crippen molar-refractivity contribution >= 4 is 11.7 Å². The molecule has 0 spiro atoms. The van der Waals surface area contributed by atoms with Gasteiger partial charge in [-0.05, 0) is 50.7 Å². The molecule has 5 nitrogen and oxygen atoms in total. The molecular formula is C23H27F2N3O2. The van der Waals surface area contributed by atoms with Gasteiger partial charge >= 0.3 is 0 Å². The predicted molar refractivity (Wildman–Crippen MR) is 110 cm³/mol. The summed E-state index contributed by atoms with van der Waals surface area (Å²) in [7, 11) is 0. The molecule has 1 saturated carbocycles. The smallest absolute Gasteiger partial charge is 0.225 e. The zero-order valence-corrected chi connectivity index (χ0v) is 16.9. The van der Waals surface area contributed by atoms with E-state index in [9.17, 15) is 13.6 Å². The molecule has 2 aromatic rings. The number of nitrogens with zero attached hydrogens (tertiary/aromatic N) is 2. The SMILES string of the molecule is O=C(NC1CCC(Oc2cc(F)cc(F)c2)CC1)C1CCCN(c2ccccn2)C1. The van der Waals surface area contributed by atoms with Crippen LogP contribution in [0.25, 0.3) is 0 Å². The van der Waals surface area contributed by atoms with E-state index in [0.717, 1.165) is 57.0 Å². The highest BCUT2D eigenvalue weighted by atomic mass is 19.1. The van der Waals surface area contributed by atoms with Gasteiger partial charge in [0.2, 0.25) is 5.91 Å². The predicted octanol–water partition coefficient (Wildman–Crippen LogP) is 4.08. The van der Waals surface area contributed by atoms with Gasteiger partial charge < -0.3 is 15.0 Å². The molecule has 1 aromatic heterocycles. The zero-order chi connectivity index (χ0) is 20.9. The summed E-state index contributed by atoms with van der Waals surface area (Å²) in [4.78, 5) is 19.4. The summed E-state index contributed by atoms with van der Waals surface area (Å²) < 4.78 is 32.4. The van der Waals surface area contributed by atoms with Gasteiger partial charge in [0.05, 0.1) is 12.0 Å². The summed E-state index contributed by atoms with van der Waals surface area (Å²) in [5.41, 5.74) is 0. The number of carbonyl (C=O) groups excluding carboxylic acids is 1. The van der Waals surface area contributed by atoms with E-state index in [0.29, 0.717) is 6.54 Å². The molecule has 2 heterocycles. The number of halogens is 2. The fraction of sp³-hybridized carbons (Fsp3) is 0.478. The van der Waals surface area contributed by atoms with Crippen LogP contribution in [0.4, 0.5) is 14.6 Å². The number of nitrogens with one attached hydrogen (secondary N) is 1. The standard InChI is InChI=1S/C23H27F2N3O2/c24-17-12-18(25)14-21(13-17)30-20-8-6-19(7-9-20)27-23(29)16-4-3-11-28(15-16)22-5-1-2-10-26-22/h1-2,5,10,12-14,16,19-20H,3-4,6-9,11,15H2,(H,27,29). The summed E-state index contributed by atoms with van der Waals surface area (Å²) >= 11 is 0. The summed E-state index contributed by atoms with van der Waals surface area (Å²) in [5.74, 6) is -0.0770. The lowest BCUT2D eigenvalue weighted by Gasteiger charge is -2.35. The minimum absolute atomic E-state index is 0.0370. The molecule has 1 saturated heterocycles. The van der Waals surface area contributed by atoms with Gasteiger partial charge in [0, 0.05) is 43.5 Å². The fourth-order valence-electron chi connectivity index (χ4n) is 4.37. The summed E-state index contributed by atoms with van der Waals surface area (Å²) in [6.07, 6.45) is 6.63. The first-order valence-electron chi connectivity index (χ1n) is 10.7. The number of benzene rings is 1. The van der Waals surface area contributed by atoms with Crippen LogP contribution in [0, 0.1) is 17.6 Å². The lowest BCUT2D eigenvalue weighted by molar-refractivity contribution is -0.126. The maximum Gasteiger partial charge on any atom is 0.225 e. The number of aromatic nitrogens is 1. The van der Waals surface area contributed by atoms with Crippen LogP contribution in [-0.2, 0) is 4.79 Å². The Balaban J connectivity index is 1.25. The van der Waals surface area contributed by atoms with Gasteiger partial charge in [0.1, 0.15) is 23.2 Å². The van der Waals surface area contributed by atoms with Gasteiger partial charge in [0.25, 0.3) is 0 Å². The number of amides is 1. The lowest BCUT2D eigenvalue weighted by atomic mass is 9.91. The highest BCUT2D eigenvalue weighted by molar-refractivity contribution is 5.79. The van der Waals surface area contributed by atoms with Crippen molar-refractivity contribution in [2.24, 2.45) is 5.92 Å². The second kappa shape index (κ2) is 9.41. The summed E-state index contributed by atoms with van der Waals surface area (Å²) in [6.45, 7) is 1.61. The minimum atomic E-state index is -0.641. The average Bonchev–Trinajstić information content (AvgIpc) is 2.75. The van der Waals surface area contributed by atoms with Crippen molar-refractivity contribution in [1.82, 2.24) is 10.3 Å². The van der Waals surface area contributed by atoms with Crippen LogP contribution in [0.1, 0.15) is 38.5 Å². The monoisotopic (exact) mass is 415 g/mol. The van der Waals surface area contributed by atoms with E-state index in [1.807, 2.05) is 18.2 Å². The number of hydrogen-bond acceptors (Lipinski definition) is 4. The maximum atomic E-state index is 13.3. The van der Waals surface area contributed by atoms with Crippen LogP contribution in [0.3, 0.4) is 0 Å². The van der Waals surface area contributed by atoms with Crippen LogP contribution in [0.5, 0.6) is 5.75 Å². The average molecular weight is 415 g/mol. The summed E-state index contributed by atoms with van der Waals surface area (Å²) in [5, 5.41) is 3.20. The Morgan fingerprint density at radius 1 is 1.07 bits per heavy atom. The van der Waals surface area contributed by atoms with Gasteiger partial charge in [-0.2, -0.15) is 0 Å². The molecule has 4 rings (SSSR count). The van der Waals surface area contributed by atoms with Crippen LogP contribution >= 0.6 is 0 Å². The molecular weight excluding hydrogens is 388 g/mol. The Kier molecular flexibility index (Phi) is 6.45. The first kappa shape index (κ1) is 20.6. The van der Waals surface area contributed by atoms with Gasteiger partial charge in [-0.1, -0.05) is 6.07 Å². The number of pyridine rings is 1. The van der Waals surface area contributed by atoms with Gasteiger partial charge in [-0.15, -0.1) is 0 Å². The number of anilines is 1. The van der Waals surface area contributed by atoms with E-state index < -0.39 is 11.6 Å². The van der Waals surface area contributed by atoms with Crippen molar-refractivity contribution in [2.45, 2.75) is 50.7 Å². The Bertz CT molecular complexity index is 837. The van der Waals surface area contributed by atoms with Crippen molar-refractivity contribution in [3.63, 3.8) is 0 Å². The molecule has 1 aromatic carbocycles. The molecule has 0 radical (unpaired) electrons. The first-order chi connectivity index (χ1) is 14.6. The topological polar surface area (TPSA) is 54.5 Å². The number of carbonyl (C=O) groups is 1. The van der Waals surface area contributed by atoms with E-state index >= 15 is 0 Å². The molecule has 30 heavy (non-hydrogen) atoms. The van der Waals surface area contributed by atoms with Crippen molar-refractivity contribution in [1.29, 1.82) is 0 Å². The zero-order valence-electron chi connectivity index (χ0n) is 16.9. The van der Waals surface area contributed by atoms with Crippen LogP contribution in [0.2, 0.25) is 0 Å². The second-order valence-electron chi connectivity index (χ2n) is 8.18. The quantitative estimate of drug-likeness (QED) is 0.800. The molecule has 2 fully saturated rings. The third-order valence-electron chi connectivity index (χ3n) is 5.92. The van der Waals surface area contributed by atoms with Crippen molar-refractivity contribution in [3.8, 4) is 5.75 Å². The normalized spacial score (nSPS) is 24.3. The third kappa shape index (κ3) is 5.26. The van der Waals surface area contributed by atoms with Crippen molar-refractivity contribution < 1.29 is 18.3 Å². The van der Waals surface area contributed by atoms with E-state index in [2.05, 4.69) is 15.2 Å². The van der Waals surface area contributed by atoms with E-state index in [-0.39, 0.29) is 29.7 Å².